The molecule has 3 aromatic rings. The van der Waals surface area contributed by atoms with Crippen LogP contribution in [0.4, 0.5) is 11.6 Å². The maximum Gasteiger partial charge on any atom is 0.257 e. The van der Waals surface area contributed by atoms with Gasteiger partial charge in [-0.15, -0.1) is 0 Å². The molecule has 0 saturated carbocycles. The summed E-state index contributed by atoms with van der Waals surface area (Å²) in [6.07, 6.45) is 3.08. The smallest absolute Gasteiger partial charge is 0.257 e. The van der Waals surface area contributed by atoms with E-state index < -0.39 is 0 Å². The molecule has 1 aromatic heterocycles. The normalized spacial score (nSPS) is 10.3. The highest BCUT2D eigenvalue weighted by atomic mass is 79.9. The van der Waals surface area contributed by atoms with E-state index in [1.165, 1.54) is 12.4 Å². The summed E-state index contributed by atoms with van der Waals surface area (Å²) >= 11 is 3.39. The van der Waals surface area contributed by atoms with Crippen LogP contribution in [0.5, 0.6) is 0 Å². The predicted octanol–water partition coefficient (Wildman–Crippen LogP) is 4.25. The Bertz CT molecular complexity index is 836. The molecule has 1 heterocycles. The number of rotatable bonds is 5. The van der Waals surface area contributed by atoms with Gasteiger partial charge in [0.1, 0.15) is 0 Å². The Labute approximate surface area is 154 Å². The first kappa shape index (κ1) is 17.1. The first-order chi connectivity index (χ1) is 12.1. The minimum absolute atomic E-state index is 0.112. The van der Waals surface area contributed by atoms with Gasteiger partial charge >= 0.3 is 0 Å². The molecule has 1 N–H and O–H groups in total. The first-order valence-electron chi connectivity index (χ1n) is 7.76. The molecule has 0 aliphatic carbocycles. The van der Waals surface area contributed by atoms with Gasteiger partial charge in [0.05, 0.1) is 5.56 Å². The molecule has 0 aliphatic heterocycles. The third kappa shape index (κ3) is 4.64. The van der Waals surface area contributed by atoms with Gasteiger partial charge in [-0.05, 0) is 29.8 Å². The average Bonchev–Trinajstić information content (AvgIpc) is 2.64. The van der Waals surface area contributed by atoms with Crippen molar-refractivity contribution in [3.05, 3.63) is 82.6 Å². The fraction of sp³-hybridized carbons (Fsp3) is 0.105. The number of nitrogens with zero attached hydrogens (tertiary/aromatic N) is 3. The Hall–Kier alpha value is -2.73. The zero-order chi connectivity index (χ0) is 17.6. The number of carbonyl (C=O) groups excluding carboxylic acids is 1. The molecule has 0 radical (unpaired) electrons. The lowest BCUT2D eigenvalue weighted by atomic mass is 10.2. The summed E-state index contributed by atoms with van der Waals surface area (Å²) in [5, 5.41) is 3.10. The van der Waals surface area contributed by atoms with Crippen LogP contribution in [-0.4, -0.2) is 27.8 Å². The highest BCUT2D eigenvalue weighted by molar-refractivity contribution is 9.10. The van der Waals surface area contributed by atoms with E-state index in [1.807, 2.05) is 54.6 Å². The lowest BCUT2D eigenvalue weighted by Crippen LogP contribution is -2.26. The molecule has 3 rings (SSSR count). The molecule has 0 atom stereocenters. The number of benzene rings is 2. The molecule has 0 saturated heterocycles. The van der Waals surface area contributed by atoms with E-state index in [-0.39, 0.29) is 5.91 Å². The van der Waals surface area contributed by atoms with E-state index in [1.54, 1.807) is 11.9 Å². The summed E-state index contributed by atoms with van der Waals surface area (Å²) in [5.41, 5.74) is 2.41. The van der Waals surface area contributed by atoms with Crippen molar-refractivity contribution in [2.45, 2.75) is 6.54 Å². The number of nitrogens with one attached hydrogen (secondary N) is 1. The summed E-state index contributed by atoms with van der Waals surface area (Å²) in [6.45, 7) is 0.540. The van der Waals surface area contributed by atoms with Crippen molar-refractivity contribution >= 4 is 33.5 Å². The molecule has 5 nitrogen and oxygen atoms in total. The average molecular weight is 397 g/mol. The van der Waals surface area contributed by atoms with Crippen LogP contribution in [0, 0.1) is 0 Å². The molecule has 2 aromatic carbocycles. The highest BCUT2D eigenvalue weighted by Crippen LogP contribution is 2.17. The Morgan fingerprint density at radius 2 is 1.68 bits per heavy atom. The van der Waals surface area contributed by atoms with Crippen LogP contribution in [0.25, 0.3) is 0 Å². The molecule has 0 bridgehead atoms. The SMILES string of the molecule is CN(Cc1ccccc1)C(=O)c1cnc(Nc2ccc(Br)cc2)nc1. The van der Waals surface area contributed by atoms with Crippen LogP contribution < -0.4 is 5.32 Å². The van der Waals surface area contributed by atoms with E-state index in [4.69, 9.17) is 0 Å². The molecular weight excluding hydrogens is 380 g/mol. The molecule has 1 amide bonds. The maximum absolute atomic E-state index is 12.5. The van der Waals surface area contributed by atoms with Crippen LogP contribution in [0.2, 0.25) is 0 Å². The number of hydrogen-bond acceptors (Lipinski definition) is 4. The minimum atomic E-state index is -0.112. The number of aromatic nitrogens is 2. The van der Waals surface area contributed by atoms with Gasteiger partial charge in [-0.3, -0.25) is 4.79 Å². The van der Waals surface area contributed by atoms with Gasteiger partial charge in [-0.1, -0.05) is 46.3 Å². The van der Waals surface area contributed by atoms with Gasteiger partial charge in [0.15, 0.2) is 0 Å². The highest BCUT2D eigenvalue weighted by Gasteiger charge is 2.13. The van der Waals surface area contributed by atoms with Crippen molar-refractivity contribution < 1.29 is 4.79 Å². The fourth-order valence-corrected chi connectivity index (χ4v) is 2.58. The topological polar surface area (TPSA) is 58.1 Å². The van der Waals surface area contributed by atoms with Gasteiger partial charge in [0.2, 0.25) is 5.95 Å². The van der Waals surface area contributed by atoms with E-state index in [0.29, 0.717) is 18.1 Å². The van der Waals surface area contributed by atoms with Gasteiger partial charge in [0.25, 0.3) is 5.91 Å². The Balaban J connectivity index is 1.64. The van der Waals surface area contributed by atoms with E-state index in [0.717, 1.165) is 15.7 Å². The molecular formula is C19H17BrN4O. The number of amides is 1. The molecule has 6 heteroatoms. The van der Waals surface area contributed by atoms with Crippen molar-refractivity contribution in [1.82, 2.24) is 14.9 Å². The number of hydrogen-bond donors (Lipinski definition) is 1. The van der Waals surface area contributed by atoms with Gasteiger partial charge in [-0.25, -0.2) is 9.97 Å². The fourth-order valence-electron chi connectivity index (χ4n) is 2.31. The number of carbonyl (C=O) groups is 1. The van der Waals surface area contributed by atoms with Crippen molar-refractivity contribution in [2.75, 3.05) is 12.4 Å². The standard InChI is InChI=1S/C19H17BrN4O/c1-24(13-14-5-3-2-4-6-14)18(25)15-11-21-19(22-12-15)23-17-9-7-16(20)8-10-17/h2-12H,13H2,1H3,(H,21,22,23). The van der Waals surface area contributed by atoms with Gasteiger partial charge in [-0.2, -0.15) is 0 Å². The third-order valence-corrected chi connectivity index (χ3v) is 4.14. The molecule has 0 spiro atoms. The summed E-state index contributed by atoms with van der Waals surface area (Å²) in [4.78, 5) is 22.6. The summed E-state index contributed by atoms with van der Waals surface area (Å²) in [5.74, 6) is 0.337. The van der Waals surface area contributed by atoms with Crippen LogP contribution in [-0.2, 0) is 6.54 Å². The maximum atomic E-state index is 12.5. The summed E-state index contributed by atoms with van der Waals surface area (Å²) in [7, 11) is 1.77. The van der Waals surface area contributed by atoms with Crippen LogP contribution >= 0.6 is 15.9 Å². The summed E-state index contributed by atoms with van der Waals surface area (Å²) < 4.78 is 1.00. The van der Waals surface area contributed by atoms with Crippen LogP contribution in [0.3, 0.4) is 0 Å². The van der Waals surface area contributed by atoms with Crippen LogP contribution in [0.1, 0.15) is 15.9 Å². The third-order valence-electron chi connectivity index (χ3n) is 3.61. The zero-order valence-corrected chi connectivity index (χ0v) is 15.3. The second-order valence-corrected chi connectivity index (χ2v) is 6.49. The Morgan fingerprint density at radius 1 is 1.04 bits per heavy atom. The van der Waals surface area contributed by atoms with E-state index >= 15 is 0 Å². The lowest BCUT2D eigenvalue weighted by Gasteiger charge is -2.17. The monoisotopic (exact) mass is 396 g/mol. The number of halogens is 1. The Kier molecular flexibility index (Phi) is 5.40. The van der Waals surface area contributed by atoms with E-state index in [9.17, 15) is 4.79 Å². The quantitative estimate of drug-likeness (QED) is 0.699. The molecule has 126 valence electrons. The van der Waals surface area contributed by atoms with Crippen molar-refractivity contribution in [3.63, 3.8) is 0 Å². The van der Waals surface area contributed by atoms with Gasteiger partial charge < -0.3 is 10.2 Å². The molecule has 0 unspecified atom stereocenters. The first-order valence-corrected chi connectivity index (χ1v) is 8.55. The van der Waals surface area contributed by atoms with Crippen molar-refractivity contribution in [1.29, 1.82) is 0 Å². The second-order valence-electron chi connectivity index (χ2n) is 5.57. The Morgan fingerprint density at radius 3 is 2.32 bits per heavy atom. The van der Waals surface area contributed by atoms with Crippen molar-refractivity contribution in [3.8, 4) is 0 Å². The summed E-state index contributed by atoms with van der Waals surface area (Å²) in [6, 6.07) is 17.5. The molecule has 25 heavy (non-hydrogen) atoms. The zero-order valence-electron chi connectivity index (χ0n) is 13.7. The minimum Gasteiger partial charge on any atom is -0.337 e. The van der Waals surface area contributed by atoms with E-state index in [2.05, 4.69) is 31.2 Å². The van der Waals surface area contributed by atoms with Crippen molar-refractivity contribution in [2.24, 2.45) is 0 Å². The second kappa shape index (κ2) is 7.90. The molecule has 0 fully saturated rings. The molecule has 0 aliphatic rings. The largest absolute Gasteiger partial charge is 0.337 e. The lowest BCUT2D eigenvalue weighted by molar-refractivity contribution is 0.0784. The predicted molar refractivity (Wildman–Crippen MR) is 102 cm³/mol. The van der Waals surface area contributed by atoms with Gasteiger partial charge in [0, 0.05) is 36.1 Å². The van der Waals surface area contributed by atoms with Crippen LogP contribution in [0.15, 0.2) is 71.5 Å². The number of anilines is 2.